The van der Waals surface area contributed by atoms with Crippen LogP contribution in [-0.2, 0) is 4.79 Å². The van der Waals surface area contributed by atoms with Crippen molar-refractivity contribution in [2.45, 2.75) is 32.1 Å². The van der Waals surface area contributed by atoms with Crippen molar-refractivity contribution in [2.24, 2.45) is 5.73 Å². The molecule has 4 nitrogen and oxygen atoms in total. The van der Waals surface area contributed by atoms with E-state index in [4.69, 9.17) is 17.3 Å². The molecule has 0 saturated carbocycles. The first-order chi connectivity index (χ1) is 13.4. The Balaban J connectivity index is 2.00. The van der Waals surface area contributed by atoms with Gasteiger partial charge in [-0.05, 0) is 65.5 Å². The highest BCUT2D eigenvalue weighted by atomic mass is 79.9. The summed E-state index contributed by atoms with van der Waals surface area (Å²) in [5, 5.41) is 10.6. The van der Waals surface area contributed by atoms with Crippen molar-refractivity contribution < 1.29 is 4.79 Å². The van der Waals surface area contributed by atoms with Crippen molar-refractivity contribution in [1.29, 1.82) is 5.26 Å². The molecule has 1 aliphatic carbocycles. The number of ketones is 1. The molecule has 0 radical (unpaired) electrons. The summed E-state index contributed by atoms with van der Waals surface area (Å²) in [6.07, 6.45) is 1.99. The van der Waals surface area contributed by atoms with Gasteiger partial charge in [-0.3, -0.25) is 9.69 Å². The molecule has 1 aromatic heterocycles. The summed E-state index contributed by atoms with van der Waals surface area (Å²) in [6, 6.07) is 11.8. The molecule has 2 aromatic rings. The molecule has 0 amide bonds. The number of carbonyl (C=O) groups is 1. The van der Waals surface area contributed by atoms with Gasteiger partial charge in [0.2, 0.25) is 0 Å². The number of nitriles is 1. The molecule has 4 rings (SSSR count). The first-order valence-corrected chi connectivity index (χ1v) is 10.9. The minimum Gasteiger partial charge on any atom is -0.384 e. The lowest BCUT2D eigenvalue weighted by Crippen LogP contribution is -2.38. The molecule has 1 unspecified atom stereocenters. The maximum absolute atomic E-state index is 13.0. The van der Waals surface area contributed by atoms with Gasteiger partial charge in [0, 0.05) is 27.6 Å². The quantitative estimate of drug-likeness (QED) is 0.599. The van der Waals surface area contributed by atoms with Gasteiger partial charge in [-0.1, -0.05) is 17.7 Å². The van der Waals surface area contributed by atoms with E-state index >= 15 is 0 Å². The molecule has 2 N–H and O–H groups in total. The highest BCUT2D eigenvalue weighted by Gasteiger charge is 2.41. The fourth-order valence-electron chi connectivity index (χ4n) is 3.97. The monoisotopic (exact) mass is 473 g/mol. The zero-order valence-corrected chi connectivity index (χ0v) is 18.3. The second-order valence-electron chi connectivity index (χ2n) is 6.84. The Morgan fingerprint density at radius 2 is 2.11 bits per heavy atom. The number of nitrogens with two attached hydrogens (primary N) is 1. The van der Waals surface area contributed by atoms with Gasteiger partial charge >= 0.3 is 0 Å². The van der Waals surface area contributed by atoms with Gasteiger partial charge in [0.05, 0.1) is 27.0 Å². The molecule has 2 heterocycles. The summed E-state index contributed by atoms with van der Waals surface area (Å²) in [6.45, 7) is 1.92. The summed E-state index contributed by atoms with van der Waals surface area (Å²) in [5.74, 6) is 0.0383. The Bertz CT molecular complexity index is 1100. The third-order valence-corrected chi connectivity index (χ3v) is 7.37. The molecule has 0 bridgehead atoms. The number of allylic oxidation sites excluding steroid dienone is 3. The lowest BCUT2D eigenvalue weighted by Gasteiger charge is -2.40. The Morgan fingerprint density at radius 1 is 1.32 bits per heavy atom. The Kier molecular flexibility index (Phi) is 5.09. The minimum absolute atomic E-state index is 0.0840. The van der Waals surface area contributed by atoms with Crippen LogP contribution in [0, 0.1) is 18.3 Å². The van der Waals surface area contributed by atoms with E-state index in [9.17, 15) is 10.1 Å². The summed E-state index contributed by atoms with van der Waals surface area (Å²) < 4.78 is 0.955. The molecule has 28 heavy (non-hydrogen) atoms. The van der Waals surface area contributed by atoms with Crippen LogP contribution in [-0.4, -0.2) is 5.78 Å². The largest absolute Gasteiger partial charge is 0.384 e. The predicted octanol–water partition coefficient (Wildman–Crippen LogP) is 5.78. The van der Waals surface area contributed by atoms with E-state index in [1.165, 1.54) is 11.3 Å². The first kappa shape index (κ1) is 19.3. The fraction of sp³-hybridized carbons (Fsp3) is 0.238. The number of hydrogen-bond donors (Lipinski definition) is 1. The average molecular weight is 475 g/mol. The van der Waals surface area contributed by atoms with Crippen molar-refractivity contribution in [3.63, 3.8) is 0 Å². The Hall–Kier alpha value is -2.07. The molecule has 2 aliphatic rings. The van der Waals surface area contributed by atoms with Crippen molar-refractivity contribution in [3.8, 4) is 6.07 Å². The van der Waals surface area contributed by atoms with Crippen molar-refractivity contribution in [2.75, 3.05) is 4.90 Å². The van der Waals surface area contributed by atoms with Crippen LogP contribution < -0.4 is 10.6 Å². The summed E-state index contributed by atoms with van der Waals surface area (Å²) >= 11 is 11.4. The van der Waals surface area contributed by atoms with Crippen LogP contribution in [0.15, 0.2) is 56.8 Å². The lowest BCUT2D eigenvalue weighted by atomic mass is 9.78. The van der Waals surface area contributed by atoms with Crippen molar-refractivity contribution in [3.05, 3.63) is 72.2 Å². The first-order valence-electron chi connectivity index (χ1n) is 8.90. The molecule has 1 aliphatic heterocycles. The number of Topliss-reactive ketones (excluding diaryl/α,β-unsaturated/α-hetero) is 1. The van der Waals surface area contributed by atoms with Crippen LogP contribution in [0.4, 0.5) is 5.69 Å². The van der Waals surface area contributed by atoms with Gasteiger partial charge < -0.3 is 5.73 Å². The number of rotatable bonds is 2. The zero-order chi connectivity index (χ0) is 20.0. The molecule has 1 atom stereocenters. The van der Waals surface area contributed by atoms with E-state index in [0.29, 0.717) is 28.4 Å². The van der Waals surface area contributed by atoms with E-state index in [0.717, 1.165) is 38.5 Å². The van der Waals surface area contributed by atoms with Crippen molar-refractivity contribution >= 4 is 50.3 Å². The van der Waals surface area contributed by atoms with Crippen LogP contribution in [0.5, 0.6) is 0 Å². The fourth-order valence-corrected chi connectivity index (χ4v) is 5.68. The van der Waals surface area contributed by atoms with Gasteiger partial charge in [-0.15, -0.1) is 11.3 Å². The van der Waals surface area contributed by atoms with Crippen molar-refractivity contribution in [1.82, 2.24) is 0 Å². The van der Waals surface area contributed by atoms with Gasteiger partial charge in [-0.25, -0.2) is 0 Å². The maximum Gasteiger partial charge on any atom is 0.161 e. The highest BCUT2D eigenvalue weighted by Crippen LogP contribution is 2.48. The average Bonchev–Trinajstić information content (AvgIpc) is 3.10. The van der Waals surface area contributed by atoms with Gasteiger partial charge in [-0.2, -0.15) is 5.26 Å². The summed E-state index contributed by atoms with van der Waals surface area (Å²) in [7, 11) is 0. The van der Waals surface area contributed by atoms with Crippen LogP contribution >= 0.6 is 38.9 Å². The Labute approximate surface area is 181 Å². The number of hydrogen-bond acceptors (Lipinski definition) is 5. The standard InChI is InChI=1S/C21H17BrClN3OS/c1-11-13(23)4-2-5-14(11)26-15-6-3-7-16(27)20(15)19(12(10-24)21(26)25)17-8-9-18(22)28-17/h2,4-5,8-9,19H,3,6-7,25H2,1H3. The third-order valence-electron chi connectivity index (χ3n) is 5.27. The smallest absolute Gasteiger partial charge is 0.161 e. The second kappa shape index (κ2) is 7.40. The number of benzene rings is 1. The number of anilines is 1. The van der Waals surface area contributed by atoms with Crippen LogP contribution in [0.3, 0.4) is 0 Å². The maximum atomic E-state index is 13.0. The number of carbonyl (C=O) groups excluding carboxylic acids is 1. The second-order valence-corrected chi connectivity index (χ2v) is 9.74. The minimum atomic E-state index is -0.417. The summed E-state index contributed by atoms with van der Waals surface area (Å²) in [4.78, 5) is 15.8. The van der Waals surface area contributed by atoms with E-state index in [-0.39, 0.29) is 5.78 Å². The summed E-state index contributed by atoms with van der Waals surface area (Å²) in [5.41, 5.74) is 10.2. The SMILES string of the molecule is Cc1c(Cl)cccc1N1C(N)=C(C#N)C(c2ccc(Br)s2)C2=C1CCCC2=O. The van der Waals surface area contributed by atoms with Crippen LogP contribution in [0.2, 0.25) is 5.02 Å². The molecular weight excluding hydrogens is 458 g/mol. The zero-order valence-electron chi connectivity index (χ0n) is 15.1. The molecule has 0 saturated heterocycles. The molecule has 1 aromatic carbocycles. The molecule has 142 valence electrons. The van der Waals surface area contributed by atoms with E-state index in [2.05, 4.69) is 22.0 Å². The normalized spacial score (nSPS) is 19.7. The van der Waals surface area contributed by atoms with Crippen LogP contribution in [0.25, 0.3) is 0 Å². The van der Waals surface area contributed by atoms with Crippen LogP contribution in [0.1, 0.15) is 35.6 Å². The topological polar surface area (TPSA) is 70.1 Å². The highest BCUT2D eigenvalue weighted by molar-refractivity contribution is 9.11. The third kappa shape index (κ3) is 2.98. The number of halogens is 2. The molecule has 7 heteroatoms. The molecule has 0 spiro atoms. The molecular formula is C21H17BrClN3OS. The predicted molar refractivity (Wildman–Crippen MR) is 116 cm³/mol. The van der Waals surface area contributed by atoms with E-state index in [1.54, 1.807) is 0 Å². The van der Waals surface area contributed by atoms with Gasteiger partial charge in [0.25, 0.3) is 0 Å². The van der Waals surface area contributed by atoms with Gasteiger partial charge in [0.15, 0.2) is 5.78 Å². The lowest BCUT2D eigenvalue weighted by molar-refractivity contribution is -0.116. The van der Waals surface area contributed by atoms with E-state index < -0.39 is 5.92 Å². The number of thiophene rings is 1. The van der Waals surface area contributed by atoms with E-state index in [1.807, 2.05) is 42.2 Å². The Morgan fingerprint density at radius 3 is 2.79 bits per heavy atom. The number of nitrogens with zero attached hydrogens (tertiary/aromatic N) is 2. The molecule has 0 fully saturated rings. The van der Waals surface area contributed by atoms with Gasteiger partial charge in [0.1, 0.15) is 5.82 Å².